The molecule has 24 heavy (non-hydrogen) atoms. The van der Waals surface area contributed by atoms with E-state index in [4.69, 9.17) is 0 Å². The van der Waals surface area contributed by atoms with Gasteiger partial charge in [0.05, 0.1) is 6.54 Å². The normalized spacial score (nSPS) is 15.4. The van der Waals surface area contributed by atoms with Gasteiger partial charge in [-0.1, -0.05) is 19.3 Å². The van der Waals surface area contributed by atoms with Crippen molar-refractivity contribution in [1.82, 2.24) is 25.1 Å². The maximum atomic E-state index is 12.4. The van der Waals surface area contributed by atoms with Crippen molar-refractivity contribution in [2.24, 2.45) is 0 Å². The number of hydrogen-bond acceptors (Lipinski definition) is 4. The Morgan fingerprint density at radius 3 is 2.79 bits per heavy atom. The average molecular weight is 329 g/mol. The SMILES string of the molecule is Cc1cc(C)c(C(=O)NCc2nncn2C2CCCCC2)c(=O)[nH]1. The standard InChI is InChI=1S/C17H23N5O2/c1-11-8-12(2)20-17(24)15(11)16(23)18-9-14-21-19-10-22(14)13-6-4-3-5-7-13/h8,10,13H,3-7,9H2,1-2H3,(H,18,23)(H,20,24). The number of nitrogens with zero attached hydrogens (tertiary/aromatic N) is 3. The Balaban J connectivity index is 1.72. The van der Waals surface area contributed by atoms with E-state index in [1.165, 1.54) is 19.3 Å². The summed E-state index contributed by atoms with van der Waals surface area (Å²) in [4.78, 5) is 27.1. The number of pyridine rings is 1. The first kappa shape index (κ1) is 16.4. The largest absolute Gasteiger partial charge is 0.345 e. The van der Waals surface area contributed by atoms with E-state index in [1.54, 1.807) is 26.2 Å². The fraction of sp³-hybridized carbons (Fsp3) is 0.529. The van der Waals surface area contributed by atoms with E-state index >= 15 is 0 Å². The molecule has 1 fully saturated rings. The van der Waals surface area contributed by atoms with Gasteiger partial charge in [0.25, 0.3) is 11.5 Å². The number of carbonyl (C=O) groups excluding carboxylic acids is 1. The van der Waals surface area contributed by atoms with Crippen LogP contribution in [0.2, 0.25) is 0 Å². The van der Waals surface area contributed by atoms with Crippen LogP contribution in [0, 0.1) is 13.8 Å². The molecule has 2 N–H and O–H groups in total. The highest BCUT2D eigenvalue weighted by atomic mass is 16.2. The Morgan fingerprint density at radius 2 is 2.08 bits per heavy atom. The van der Waals surface area contributed by atoms with E-state index in [0.29, 0.717) is 11.6 Å². The predicted octanol–water partition coefficient (Wildman–Crippen LogP) is 2.02. The highest BCUT2D eigenvalue weighted by Gasteiger charge is 2.20. The van der Waals surface area contributed by atoms with Crippen LogP contribution in [0.1, 0.15) is 65.6 Å². The molecular weight excluding hydrogens is 306 g/mol. The van der Waals surface area contributed by atoms with Gasteiger partial charge in [-0.25, -0.2) is 0 Å². The van der Waals surface area contributed by atoms with Gasteiger partial charge >= 0.3 is 0 Å². The zero-order valence-corrected chi connectivity index (χ0v) is 14.1. The van der Waals surface area contributed by atoms with E-state index in [9.17, 15) is 9.59 Å². The average Bonchev–Trinajstić information content (AvgIpc) is 3.01. The Labute approximate surface area is 140 Å². The lowest BCUT2D eigenvalue weighted by atomic mass is 9.95. The van der Waals surface area contributed by atoms with Crippen molar-refractivity contribution in [3.63, 3.8) is 0 Å². The van der Waals surface area contributed by atoms with Crippen molar-refractivity contribution in [2.75, 3.05) is 0 Å². The summed E-state index contributed by atoms with van der Waals surface area (Å²) < 4.78 is 2.06. The van der Waals surface area contributed by atoms with Crippen molar-refractivity contribution in [3.05, 3.63) is 45.4 Å². The van der Waals surface area contributed by atoms with Gasteiger partial charge in [-0.2, -0.15) is 0 Å². The van der Waals surface area contributed by atoms with Crippen molar-refractivity contribution in [3.8, 4) is 0 Å². The molecule has 1 amide bonds. The lowest BCUT2D eigenvalue weighted by Crippen LogP contribution is -2.31. The summed E-state index contributed by atoms with van der Waals surface area (Å²) >= 11 is 0. The molecule has 0 radical (unpaired) electrons. The quantitative estimate of drug-likeness (QED) is 0.897. The van der Waals surface area contributed by atoms with Crippen LogP contribution in [-0.2, 0) is 6.54 Å². The molecule has 0 aromatic carbocycles. The van der Waals surface area contributed by atoms with Gasteiger partial charge in [0, 0.05) is 11.7 Å². The molecule has 1 aliphatic rings. The first-order valence-electron chi connectivity index (χ1n) is 8.43. The van der Waals surface area contributed by atoms with Crippen molar-refractivity contribution >= 4 is 5.91 Å². The van der Waals surface area contributed by atoms with Gasteiger partial charge in [-0.15, -0.1) is 10.2 Å². The first-order valence-corrected chi connectivity index (χ1v) is 8.43. The fourth-order valence-electron chi connectivity index (χ4n) is 3.44. The minimum Gasteiger partial charge on any atom is -0.345 e. The smallest absolute Gasteiger partial charge is 0.261 e. The number of aromatic amines is 1. The molecule has 2 aromatic heterocycles. The van der Waals surface area contributed by atoms with E-state index in [-0.39, 0.29) is 23.6 Å². The van der Waals surface area contributed by atoms with Crippen LogP contribution in [0.15, 0.2) is 17.2 Å². The maximum absolute atomic E-state index is 12.4. The summed E-state index contributed by atoms with van der Waals surface area (Å²) in [5, 5.41) is 10.9. The minimum absolute atomic E-state index is 0.157. The molecule has 7 nitrogen and oxygen atoms in total. The Morgan fingerprint density at radius 1 is 1.33 bits per heavy atom. The highest BCUT2D eigenvalue weighted by Crippen LogP contribution is 2.28. The van der Waals surface area contributed by atoms with Crippen molar-refractivity contribution < 1.29 is 4.79 Å². The van der Waals surface area contributed by atoms with E-state index in [0.717, 1.165) is 24.4 Å². The second kappa shape index (κ2) is 6.98. The fourth-order valence-corrected chi connectivity index (χ4v) is 3.44. The van der Waals surface area contributed by atoms with Crippen LogP contribution in [0.5, 0.6) is 0 Å². The van der Waals surface area contributed by atoms with Crippen LogP contribution in [0.4, 0.5) is 0 Å². The number of nitrogens with one attached hydrogen (secondary N) is 2. The third-order valence-electron chi connectivity index (χ3n) is 4.61. The minimum atomic E-state index is -0.382. The molecule has 0 atom stereocenters. The van der Waals surface area contributed by atoms with E-state index < -0.39 is 0 Å². The molecular formula is C17H23N5O2. The van der Waals surface area contributed by atoms with Crippen molar-refractivity contribution in [2.45, 2.75) is 58.5 Å². The van der Waals surface area contributed by atoms with Crippen LogP contribution >= 0.6 is 0 Å². The molecule has 0 aliphatic heterocycles. The van der Waals surface area contributed by atoms with Gasteiger partial charge in [0.2, 0.25) is 0 Å². The van der Waals surface area contributed by atoms with Crippen LogP contribution < -0.4 is 10.9 Å². The van der Waals surface area contributed by atoms with E-state index in [1.807, 2.05) is 0 Å². The summed E-state index contributed by atoms with van der Waals surface area (Å²) in [5.74, 6) is 0.350. The Kier molecular flexibility index (Phi) is 4.78. The second-order valence-corrected chi connectivity index (χ2v) is 6.47. The zero-order valence-electron chi connectivity index (χ0n) is 14.1. The summed E-state index contributed by atoms with van der Waals surface area (Å²) in [6.45, 7) is 3.83. The monoisotopic (exact) mass is 329 g/mol. The lowest BCUT2D eigenvalue weighted by molar-refractivity contribution is 0.0947. The zero-order chi connectivity index (χ0) is 17.1. The Bertz CT molecular complexity index is 787. The topological polar surface area (TPSA) is 92.7 Å². The molecule has 2 heterocycles. The molecule has 0 saturated heterocycles. The number of H-pyrrole nitrogens is 1. The van der Waals surface area contributed by atoms with Crippen LogP contribution in [-0.4, -0.2) is 25.7 Å². The summed E-state index contributed by atoms with van der Waals surface area (Å²) in [6.07, 6.45) is 7.69. The van der Waals surface area contributed by atoms with Gasteiger partial charge in [-0.3, -0.25) is 9.59 Å². The number of rotatable bonds is 4. The van der Waals surface area contributed by atoms with Crippen LogP contribution in [0.3, 0.4) is 0 Å². The number of aryl methyl sites for hydroxylation is 2. The molecule has 3 rings (SSSR count). The third-order valence-corrected chi connectivity index (χ3v) is 4.61. The van der Waals surface area contributed by atoms with Gasteiger partial charge in [0.1, 0.15) is 11.9 Å². The van der Waals surface area contributed by atoms with Gasteiger partial charge in [-0.05, 0) is 38.3 Å². The number of aromatic nitrogens is 4. The van der Waals surface area contributed by atoms with Crippen LogP contribution in [0.25, 0.3) is 0 Å². The number of carbonyl (C=O) groups is 1. The molecule has 1 aliphatic carbocycles. The van der Waals surface area contributed by atoms with Gasteiger partial charge < -0.3 is 14.9 Å². The van der Waals surface area contributed by atoms with Gasteiger partial charge in [0.15, 0.2) is 5.82 Å². The number of hydrogen-bond donors (Lipinski definition) is 2. The van der Waals surface area contributed by atoms with Crippen molar-refractivity contribution in [1.29, 1.82) is 0 Å². The third kappa shape index (κ3) is 3.39. The molecule has 128 valence electrons. The predicted molar refractivity (Wildman–Crippen MR) is 89.9 cm³/mol. The molecule has 0 bridgehead atoms. The molecule has 0 unspecified atom stereocenters. The molecule has 0 spiro atoms. The summed E-state index contributed by atoms with van der Waals surface area (Å²) in [6, 6.07) is 2.20. The molecule has 7 heteroatoms. The molecule has 1 saturated carbocycles. The summed E-state index contributed by atoms with van der Waals surface area (Å²) in [7, 11) is 0. The summed E-state index contributed by atoms with van der Waals surface area (Å²) in [5.41, 5.74) is 1.21. The molecule has 2 aromatic rings. The number of amides is 1. The lowest BCUT2D eigenvalue weighted by Gasteiger charge is -2.24. The van der Waals surface area contributed by atoms with E-state index in [2.05, 4.69) is 25.1 Å². The highest BCUT2D eigenvalue weighted by molar-refractivity contribution is 5.95. The first-order chi connectivity index (χ1) is 11.6. The second-order valence-electron chi connectivity index (χ2n) is 6.47. The Hall–Kier alpha value is -2.44. The maximum Gasteiger partial charge on any atom is 0.261 e.